The summed E-state index contributed by atoms with van der Waals surface area (Å²) >= 11 is 1.000. The largest absolute Gasteiger partial charge is 0.410 e. The lowest BCUT2D eigenvalue weighted by Gasteiger charge is -2.18. The molecule has 4 aromatic rings. The van der Waals surface area contributed by atoms with E-state index in [1.165, 1.54) is 0 Å². The predicted molar refractivity (Wildman–Crippen MR) is 138 cm³/mol. The topological polar surface area (TPSA) is 112 Å². The molecule has 2 amide bonds. The van der Waals surface area contributed by atoms with Crippen LogP contribution in [-0.4, -0.2) is 32.9 Å². The molecule has 0 aliphatic carbocycles. The Morgan fingerprint density at radius 3 is 2.51 bits per heavy atom. The Morgan fingerprint density at radius 2 is 1.80 bits per heavy atom. The maximum absolute atomic E-state index is 12.5. The molecule has 35 heavy (non-hydrogen) atoms. The fourth-order valence-corrected chi connectivity index (χ4v) is 4.91. The smallest absolute Gasteiger partial charge is 0.409 e. The van der Waals surface area contributed by atoms with Gasteiger partial charge in [0.1, 0.15) is 11.4 Å². The Kier molecular flexibility index (Phi) is 7.36. The van der Waals surface area contributed by atoms with Gasteiger partial charge in [0.2, 0.25) is 0 Å². The van der Waals surface area contributed by atoms with Crippen molar-refractivity contribution in [3.8, 4) is 22.7 Å². The number of amides is 2. The van der Waals surface area contributed by atoms with E-state index in [0.29, 0.717) is 41.5 Å². The lowest BCUT2D eigenvalue weighted by molar-refractivity contribution is 0.210. The Balaban J connectivity index is 2.00. The number of aromatic nitrogens is 3. The number of ether oxygens (including phenoxy) is 1. The molecule has 8 nitrogen and oxygen atoms in total. The van der Waals surface area contributed by atoms with Crippen molar-refractivity contribution in [3.05, 3.63) is 65.7 Å². The molecule has 0 aliphatic heterocycles. The average Bonchev–Trinajstić information content (AvgIpc) is 3.25. The third-order valence-corrected chi connectivity index (χ3v) is 6.48. The highest BCUT2D eigenvalue weighted by Gasteiger charge is 2.24. The van der Waals surface area contributed by atoms with Crippen LogP contribution < -0.4 is 15.8 Å². The van der Waals surface area contributed by atoms with E-state index in [0.717, 1.165) is 39.2 Å². The fraction of sp³-hybridized carbons (Fsp3) is 0.231. The van der Waals surface area contributed by atoms with E-state index in [1.807, 2.05) is 75.4 Å². The van der Waals surface area contributed by atoms with Gasteiger partial charge in [0.15, 0.2) is 5.03 Å². The van der Waals surface area contributed by atoms with Gasteiger partial charge in [0.25, 0.3) is 5.24 Å². The van der Waals surface area contributed by atoms with Crippen molar-refractivity contribution in [1.82, 2.24) is 20.3 Å². The Morgan fingerprint density at radius 1 is 1.03 bits per heavy atom. The van der Waals surface area contributed by atoms with Crippen LogP contribution >= 0.6 is 11.8 Å². The maximum atomic E-state index is 12.5. The first-order valence-electron chi connectivity index (χ1n) is 11.5. The highest BCUT2D eigenvalue weighted by Crippen LogP contribution is 2.39. The zero-order valence-electron chi connectivity index (χ0n) is 19.9. The first-order valence-corrected chi connectivity index (χ1v) is 12.3. The van der Waals surface area contributed by atoms with Crippen molar-refractivity contribution in [1.29, 1.82) is 0 Å². The van der Waals surface area contributed by atoms with Gasteiger partial charge in [-0.15, -0.1) is 5.10 Å². The summed E-state index contributed by atoms with van der Waals surface area (Å²) in [5.74, 6) is 0.442. The third-order valence-electron chi connectivity index (χ3n) is 5.68. The number of nitrogens with zero attached hydrogens (tertiary/aromatic N) is 3. The molecule has 9 heteroatoms. The Hall–Kier alpha value is -3.85. The van der Waals surface area contributed by atoms with Crippen LogP contribution in [0.15, 0.2) is 59.6 Å². The quantitative estimate of drug-likeness (QED) is 0.332. The van der Waals surface area contributed by atoms with Gasteiger partial charge < -0.3 is 15.8 Å². The minimum Gasteiger partial charge on any atom is -0.410 e. The second-order valence-corrected chi connectivity index (χ2v) is 8.74. The van der Waals surface area contributed by atoms with E-state index in [-0.39, 0.29) is 5.24 Å². The molecule has 4 rings (SSSR count). The molecule has 0 bridgehead atoms. The number of thioether (sulfide) groups is 1. The van der Waals surface area contributed by atoms with Gasteiger partial charge in [-0.05, 0) is 53.9 Å². The molecule has 0 spiro atoms. The van der Waals surface area contributed by atoms with Crippen LogP contribution in [0.25, 0.3) is 27.7 Å². The number of hydrogen-bond acceptors (Lipinski definition) is 6. The van der Waals surface area contributed by atoms with Crippen LogP contribution in [0.3, 0.4) is 0 Å². The number of rotatable bonds is 7. The molecule has 180 valence electrons. The van der Waals surface area contributed by atoms with E-state index in [4.69, 9.17) is 10.5 Å². The average molecular weight is 490 g/mol. The summed E-state index contributed by atoms with van der Waals surface area (Å²) in [6.45, 7) is 6.34. The van der Waals surface area contributed by atoms with Crippen molar-refractivity contribution >= 4 is 33.9 Å². The maximum Gasteiger partial charge on any atom is 0.409 e. The highest BCUT2D eigenvalue weighted by atomic mass is 32.2. The van der Waals surface area contributed by atoms with Crippen LogP contribution in [0.2, 0.25) is 0 Å². The number of hydrogen-bond donors (Lipinski definition) is 2. The number of fused-ring (bicyclic) bond motifs is 1. The highest BCUT2D eigenvalue weighted by molar-refractivity contribution is 8.13. The molecule has 0 saturated heterocycles. The summed E-state index contributed by atoms with van der Waals surface area (Å²) in [7, 11) is 0. The van der Waals surface area contributed by atoms with Crippen molar-refractivity contribution in [2.45, 2.75) is 38.6 Å². The lowest BCUT2D eigenvalue weighted by Crippen LogP contribution is -2.19. The summed E-state index contributed by atoms with van der Waals surface area (Å²) in [4.78, 5) is 24.2. The van der Waals surface area contributed by atoms with Gasteiger partial charge in [-0.2, -0.15) is 0 Å². The molecule has 0 unspecified atom stereocenters. The van der Waals surface area contributed by atoms with Gasteiger partial charge in [-0.25, -0.2) is 9.48 Å². The van der Waals surface area contributed by atoms with Gasteiger partial charge in [-0.1, -0.05) is 67.6 Å². The van der Waals surface area contributed by atoms with E-state index >= 15 is 0 Å². The molecule has 0 atom stereocenters. The molecule has 3 aromatic carbocycles. The summed E-state index contributed by atoms with van der Waals surface area (Å²) in [6, 6.07) is 17.9. The molecular weight excluding hydrogens is 462 g/mol. The van der Waals surface area contributed by atoms with Crippen molar-refractivity contribution in [2.75, 3.05) is 6.54 Å². The predicted octanol–water partition coefficient (Wildman–Crippen LogP) is 5.49. The van der Waals surface area contributed by atoms with E-state index in [1.54, 1.807) is 4.68 Å². The van der Waals surface area contributed by atoms with Crippen molar-refractivity contribution in [3.63, 3.8) is 0 Å². The molecule has 0 radical (unpaired) electrons. The number of primary amides is 1. The fourth-order valence-electron chi connectivity index (χ4n) is 4.15. The van der Waals surface area contributed by atoms with Gasteiger partial charge >= 0.3 is 6.09 Å². The molecule has 3 N–H and O–H groups in total. The van der Waals surface area contributed by atoms with Crippen molar-refractivity contribution in [2.24, 2.45) is 5.73 Å². The van der Waals surface area contributed by atoms with Crippen LogP contribution in [0.4, 0.5) is 9.59 Å². The van der Waals surface area contributed by atoms with Gasteiger partial charge in [0.05, 0.1) is 5.69 Å². The summed E-state index contributed by atoms with van der Waals surface area (Å²) in [5, 5.41) is 14.0. The van der Waals surface area contributed by atoms with E-state index < -0.39 is 6.09 Å². The van der Waals surface area contributed by atoms with Crippen LogP contribution in [0.5, 0.6) is 5.75 Å². The standard InChI is InChI=1S/C26H27N5O3S/c1-4-16-14-15-21(18(5-2)23(16)34-25(27)32)31-22(24(29-30-31)35-26(33)28-6-3)20-13-9-11-17-10-7-8-12-19(17)20/h7-15H,4-6H2,1-3H3,(H2,27,32)(H,28,33). The SMILES string of the molecule is CCNC(=O)Sc1nnn(-c2ccc(CC)c(OC(N)=O)c2CC)c1-c1cccc2ccccc12. The normalized spacial score (nSPS) is 10.9. The number of carbonyl (C=O) groups is 2. The summed E-state index contributed by atoms with van der Waals surface area (Å²) in [5.41, 5.74) is 9.32. The lowest BCUT2D eigenvalue weighted by atomic mass is 10.0. The van der Waals surface area contributed by atoms with E-state index in [2.05, 4.69) is 15.6 Å². The number of nitrogens with one attached hydrogen (secondary N) is 1. The van der Waals surface area contributed by atoms with Crippen molar-refractivity contribution < 1.29 is 14.3 Å². The molecule has 1 heterocycles. The van der Waals surface area contributed by atoms with Gasteiger partial charge in [-0.3, -0.25) is 4.79 Å². The minimum atomic E-state index is -0.869. The minimum absolute atomic E-state index is 0.212. The Labute approximate surface area is 207 Å². The van der Waals surface area contributed by atoms with E-state index in [9.17, 15) is 9.59 Å². The monoisotopic (exact) mass is 489 g/mol. The zero-order chi connectivity index (χ0) is 24.9. The zero-order valence-corrected chi connectivity index (χ0v) is 20.7. The number of nitrogens with two attached hydrogens (primary N) is 1. The first kappa shape index (κ1) is 24.3. The summed E-state index contributed by atoms with van der Waals surface area (Å²) < 4.78 is 7.17. The van der Waals surface area contributed by atoms with Gasteiger partial charge in [0, 0.05) is 17.7 Å². The number of benzene rings is 3. The summed E-state index contributed by atoms with van der Waals surface area (Å²) in [6.07, 6.45) is 0.369. The third kappa shape index (κ3) is 4.85. The number of aryl methyl sites for hydroxylation is 1. The van der Waals surface area contributed by atoms with Crippen LogP contribution in [-0.2, 0) is 12.8 Å². The number of carbonyl (C=O) groups excluding carboxylic acids is 2. The first-order chi connectivity index (χ1) is 17.0. The second-order valence-electron chi connectivity index (χ2n) is 7.78. The molecule has 0 saturated carbocycles. The molecule has 0 aliphatic rings. The molecule has 1 aromatic heterocycles. The van der Waals surface area contributed by atoms with Crippen LogP contribution in [0, 0.1) is 0 Å². The molecular formula is C26H27N5O3S. The molecule has 0 fully saturated rings. The Bertz CT molecular complexity index is 1390. The second kappa shape index (κ2) is 10.6. The van der Waals surface area contributed by atoms with Crippen LogP contribution in [0.1, 0.15) is 31.9 Å².